The fraction of sp³-hybridized carbons (Fsp3) is 0.500. The van der Waals surface area contributed by atoms with Crippen molar-refractivity contribution in [1.82, 2.24) is 14.0 Å². The molecule has 7 heteroatoms. The third-order valence-electron chi connectivity index (χ3n) is 7.26. The van der Waals surface area contributed by atoms with E-state index in [0.29, 0.717) is 15.9 Å². The van der Waals surface area contributed by atoms with Gasteiger partial charge in [0.15, 0.2) is 0 Å². The summed E-state index contributed by atoms with van der Waals surface area (Å²) in [7, 11) is 0. The molecule has 1 saturated heterocycles. The van der Waals surface area contributed by atoms with Crippen molar-refractivity contribution >= 4 is 27.5 Å². The molecule has 174 valence electrons. The number of aryl methyl sites for hydroxylation is 3. The fourth-order valence-electron chi connectivity index (χ4n) is 5.31. The van der Waals surface area contributed by atoms with E-state index in [1.54, 1.807) is 4.57 Å². The van der Waals surface area contributed by atoms with Crippen LogP contribution < -0.4 is 11.2 Å². The molecule has 1 aliphatic carbocycles. The lowest BCUT2D eigenvalue weighted by atomic mass is 9.97. The van der Waals surface area contributed by atoms with Crippen LogP contribution in [-0.2, 0) is 30.6 Å². The smallest absolute Gasteiger partial charge is 0.337 e. The third-order valence-corrected chi connectivity index (χ3v) is 8.57. The Balaban J connectivity index is 1.70. The number of amides is 1. The summed E-state index contributed by atoms with van der Waals surface area (Å²) in [6.07, 6.45) is 7.95. The monoisotopic (exact) mass is 465 g/mol. The van der Waals surface area contributed by atoms with Gasteiger partial charge in [-0.2, -0.15) is 0 Å². The van der Waals surface area contributed by atoms with Crippen molar-refractivity contribution in [3.05, 3.63) is 61.1 Å². The van der Waals surface area contributed by atoms with Crippen molar-refractivity contribution in [2.75, 3.05) is 6.54 Å². The van der Waals surface area contributed by atoms with Gasteiger partial charge in [-0.15, -0.1) is 11.3 Å². The van der Waals surface area contributed by atoms with Crippen LogP contribution in [0, 0.1) is 0 Å². The topological polar surface area (TPSA) is 64.3 Å². The molecular weight excluding hydrogens is 434 g/mol. The molecular formula is C26H31N3O3S. The summed E-state index contributed by atoms with van der Waals surface area (Å²) in [5.41, 5.74) is 2.11. The van der Waals surface area contributed by atoms with Gasteiger partial charge in [0, 0.05) is 17.5 Å². The van der Waals surface area contributed by atoms with Crippen LogP contribution in [0.25, 0.3) is 15.9 Å². The number of rotatable bonds is 4. The maximum Gasteiger partial charge on any atom is 0.337 e. The molecule has 0 saturated carbocycles. The zero-order valence-electron chi connectivity index (χ0n) is 19.4. The molecule has 0 bridgehead atoms. The molecule has 3 aromatic rings. The molecule has 5 rings (SSSR count). The summed E-state index contributed by atoms with van der Waals surface area (Å²) in [5.74, 6) is -0.0384. The van der Waals surface area contributed by atoms with Gasteiger partial charge >= 0.3 is 5.69 Å². The van der Waals surface area contributed by atoms with E-state index in [2.05, 4.69) is 13.8 Å². The third kappa shape index (κ3) is 3.86. The summed E-state index contributed by atoms with van der Waals surface area (Å²) >= 11 is 1.53. The molecule has 1 aromatic carbocycles. The molecule has 1 unspecified atom stereocenters. The van der Waals surface area contributed by atoms with Crippen LogP contribution in [0.4, 0.5) is 0 Å². The van der Waals surface area contributed by atoms with E-state index >= 15 is 0 Å². The molecule has 1 aliphatic heterocycles. The van der Waals surface area contributed by atoms with Crippen molar-refractivity contribution in [1.29, 1.82) is 0 Å². The number of hydrogen-bond acceptors (Lipinski definition) is 4. The number of likely N-dealkylation sites (tertiary alicyclic amines) is 1. The van der Waals surface area contributed by atoms with Crippen molar-refractivity contribution < 1.29 is 4.79 Å². The van der Waals surface area contributed by atoms with E-state index < -0.39 is 5.69 Å². The first kappa shape index (κ1) is 22.1. The molecule has 1 fully saturated rings. The number of fused-ring (bicyclic) bond motifs is 3. The van der Waals surface area contributed by atoms with Crippen LogP contribution in [0.2, 0.25) is 0 Å². The molecule has 1 atom stereocenters. The van der Waals surface area contributed by atoms with E-state index in [9.17, 15) is 14.4 Å². The first-order valence-electron chi connectivity index (χ1n) is 12.2. The quantitative estimate of drug-likeness (QED) is 0.584. The second kappa shape index (κ2) is 8.93. The van der Waals surface area contributed by atoms with Crippen LogP contribution in [0.1, 0.15) is 62.0 Å². The number of carbonyl (C=O) groups excluding carboxylic acids is 1. The van der Waals surface area contributed by atoms with Gasteiger partial charge in [0.1, 0.15) is 11.4 Å². The Morgan fingerprint density at radius 2 is 1.82 bits per heavy atom. The number of thiophene rings is 1. The first-order valence-corrected chi connectivity index (χ1v) is 13.0. The highest BCUT2D eigenvalue weighted by molar-refractivity contribution is 7.18. The second-order valence-corrected chi connectivity index (χ2v) is 10.4. The lowest BCUT2D eigenvalue weighted by molar-refractivity contribution is -0.135. The van der Waals surface area contributed by atoms with Crippen LogP contribution in [-0.4, -0.2) is 32.5 Å². The average molecular weight is 466 g/mol. The molecule has 1 amide bonds. The van der Waals surface area contributed by atoms with Gasteiger partial charge in [0.25, 0.3) is 5.56 Å². The van der Waals surface area contributed by atoms with Crippen LogP contribution in [0.15, 0.2) is 33.9 Å². The number of carbonyl (C=O) groups is 1. The number of hydrogen-bond donors (Lipinski definition) is 0. The van der Waals surface area contributed by atoms with Crippen LogP contribution >= 0.6 is 11.3 Å². The maximum atomic E-state index is 13.7. The lowest BCUT2D eigenvalue weighted by Crippen LogP contribution is -2.46. The Bertz CT molecular complexity index is 1320. The number of piperidine rings is 1. The minimum absolute atomic E-state index is 0.0214. The van der Waals surface area contributed by atoms with E-state index in [4.69, 9.17) is 0 Å². The molecule has 0 spiro atoms. The number of benzene rings is 1. The van der Waals surface area contributed by atoms with Crippen molar-refractivity contribution in [2.24, 2.45) is 0 Å². The van der Waals surface area contributed by atoms with Gasteiger partial charge < -0.3 is 4.90 Å². The van der Waals surface area contributed by atoms with Crippen LogP contribution in [0.3, 0.4) is 0 Å². The molecule has 3 heterocycles. The van der Waals surface area contributed by atoms with E-state index in [0.717, 1.165) is 69.0 Å². The molecule has 2 aromatic heterocycles. The molecule has 33 heavy (non-hydrogen) atoms. The fourth-order valence-corrected chi connectivity index (χ4v) is 6.68. The van der Waals surface area contributed by atoms with Gasteiger partial charge in [-0.05, 0) is 81.5 Å². The van der Waals surface area contributed by atoms with Gasteiger partial charge in [0.2, 0.25) is 5.91 Å². The van der Waals surface area contributed by atoms with Crippen molar-refractivity contribution in [3.63, 3.8) is 0 Å². The van der Waals surface area contributed by atoms with Gasteiger partial charge in [-0.1, -0.05) is 19.1 Å². The highest BCUT2D eigenvalue weighted by atomic mass is 32.1. The summed E-state index contributed by atoms with van der Waals surface area (Å²) in [5, 5.41) is 0.633. The maximum absolute atomic E-state index is 13.7. The SMILES string of the molecule is CCc1ccc(-n2c(=O)c3c4c(sc3n(CC(=O)N3CCCCC3C)c2=O)CCCC4)cc1. The Morgan fingerprint density at radius 3 is 2.55 bits per heavy atom. The standard InChI is InChI=1S/C26H31N3O3S/c1-3-18-11-13-19(14-12-18)29-24(31)23-20-9-4-5-10-21(20)33-25(23)28(26(29)32)16-22(30)27-15-7-6-8-17(27)2/h11-14,17H,3-10,15-16H2,1-2H3. The molecule has 2 aliphatic rings. The molecule has 0 radical (unpaired) electrons. The Hall–Kier alpha value is -2.67. The van der Waals surface area contributed by atoms with Gasteiger partial charge in [-0.3, -0.25) is 14.2 Å². The highest BCUT2D eigenvalue weighted by Gasteiger charge is 2.28. The largest absolute Gasteiger partial charge is 0.338 e. The zero-order chi connectivity index (χ0) is 23.1. The highest BCUT2D eigenvalue weighted by Crippen LogP contribution is 2.34. The summed E-state index contributed by atoms with van der Waals surface area (Å²) in [4.78, 5) is 44.5. The minimum atomic E-state index is -0.423. The van der Waals surface area contributed by atoms with Gasteiger partial charge in [-0.25, -0.2) is 9.36 Å². The molecule has 0 N–H and O–H groups in total. The van der Waals surface area contributed by atoms with E-state index in [-0.39, 0.29) is 24.1 Å². The van der Waals surface area contributed by atoms with E-state index in [1.165, 1.54) is 20.8 Å². The summed E-state index contributed by atoms with van der Waals surface area (Å²) in [6, 6.07) is 7.77. The predicted octanol–water partition coefficient (Wildman–Crippen LogP) is 4.06. The van der Waals surface area contributed by atoms with Gasteiger partial charge in [0.05, 0.1) is 11.1 Å². The second-order valence-electron chi connectivity index (χ2n) is 9.35. The summed E-state index contributed by atoms with van der Waals surface area (Å²) in [6.45, 7) is 4.86. The first-order chi connectivity index (χ1) is 16.0. The van der Waals surface area contributed by atoms with Crippen molar-refractivity contribution in [3.8, 4) is 5.69 Å². The number of nitrogens with zero attached hydrogens (tertiary/aromatic N) is 3. The Kier molecular flexibility index (Phi) is 5.99. The lowest BCUT2D eigenvalue weighted by Gasteiger charge is -2.33. The van der Waals surface area contributed by atoms with Crippen molar-refractivity contribution in [2.45, 2.75) is 77.8 Å². The minimum Gasteiger partial charge on any atom is -0.338 e. The van der Waals surface area contributed by atoms with E-state index in [1.807, 2.05) is 29.2 Å². The summed E-state index contributed by atoms with van der Waals surface area (Å²) < 4.78 is 2.84. The number of aromatic nitrogens is 2. The normalized spacial score (nSPS) is 18.5. The Morgan fingerprint density at radius 1 is 1.06 bits per heavy atom. The average Bonchev–Trinajstić information content (AvgIpc) is 3.22. The van der Waals surface area contributed by atoms with Crippen LogP contribution in [0.5, 0.6) is 0 Å². The molecule has 6 nitrogen and oxygen atoms in total. The Labute approximate surface area is 197 Å². The predicted molar refractivity (Wildman–Crippen MR) is 133 cm³/mol. The zero-order valence-corrected chi connectivity index (χ0v) is 20.2.